The summed E-state index contributed by atoms with van der Waals surface area (Å²) in [5.74, 6) is 0. The Hall–Kier alpha value is -1.10. The molecular weight excluding hydrogens is 266 g/mol. The maximum atomic E-state index is 6.17. The van der Waals surface area contributed by atoms with Gasteiger partial charge < -0.3 is 10.6 Å². The Morgan fingerprint density at radius 3 is 2.78 bits per heavy atom. The molecule has 1 aromatic carbocycles. The lowest BCUT2D eigenvalue weighted by Crippen LogP contribution is -2.16. The second-order valence-corrected chi connectivity index (χ2v) is 5.54. The summed E-state index contributed by atoms with van der Waals surface area (Å²) in [6.45, 7) is 3.34. The fourth-order valence-electron chi connectivity index (χ4n) is 1.72. The average Bonchev–Trinajstić information content (AvgIpc) is 2.75. The van der Waals surface area contributed by atoms with Crippen LogP contribution < -0.4 is 10.6 Å². The molecule has 0 spiro atoms. The Labute approximate surface area is 116 Å². The van der Waals surface area contributed by atoms with Crippen LogP contribution >= 0.6 is 22.9 Å². The normalized spacial score (nSPS) is 10.7. The number of aryl methyl sites for hydroxylation is 1. The molecule has 0 aliphatic heterocycles. The van der Waals surface area contributed by atoms with Gasteiger partial charge in [0.1, 0.15) is 0 Å². The van der Waals surface area contributed by atoms with Gasteiger partial charge in [-0.05, 0) is 24.6 Å². The first-order valence-electron chi connectivity index (χ1n) is 5.70. The molecule has 0 atom stereocenters. The van der Waals surface area contributed by atoms with Crippen LogP contribution in [0.15, 0.2) is 23.7 Å². The Morgan fingerprint density at radius 2 is 2.22 bits per heavy atom. The Morgan fingerprint density at radius 1 is 1.44 bits per heavy atom. The van der Waals surface area contributed by atoms with Crippen LogP contribution in [0.3, 0.4) is 0 Å². The molecule has 18 heavy (non-hydrogen) atoms. The fraction of sp³-hybridized carbons (Fsp3) is 0.308. The van der Waals surface area contributed by atoms with Crippen molar-refractivity contribution in [2.45, 2.75) is 20.0 Å². The molecule has 0 aliphatic carbocycles. The van der Waals surface area contributed by atoms with Crippen LogP contribution in [-0.2, 0) is 13.1 Å². The number of hydrogen-bond acceptors (Lipinski definition) is 4. The van der Waals surface area contributed by atoms with E-state index in [-0.39, 0.29) is 0 Å². The molecule has 2 rings (SSSR count). The topological polar surface area (TPSA) is 42.2 Å². The Balaban J connectivity index is 2.16. The van der Waals surface area contributed by atoms with Gasteiger partial charge in [-0.1, -0.05) is 17.7 Å². The van der Waals surface area contributed by atoms with Gasteiger partial charge in [-0.25, -0.2) is 4.98 Å². The predicted octanol–water partition coefficient (Wildman–Crippen LogP) is 3.20. The average molecular weight is 282 g/mol. The maximum Gasteiger partial charge on any atom is 0.0798 e. The lowest BCUT2D eigenvalue weighted by molar-refractivity contribution is 0.924. The number of nitrogens with zero attached hydrogens (tertiary/aromatic N) is 2. The summed E-state index contributed by atoms with van der Waals surface area (Å²) >= 11 is 7.85. The number of hydrogen-bond donors (Lipinski definition) is 1. The molecule has 3 nitrogen and oxygen atoms in total. The van der Waals surface area contributed by atoms with E-state index in [0.29, 0.717) is 6.54 Å². The van der Waals surface area contributed by atoms with Crippen molar-refractivity contribution in [3.63, 3.8) is 0 Å². The SMILES string of the molecule is Cc1ncsc1CN(C)c1ccc(CN)c(Cl)c1. The lowest BCUT2D eigenvalue weighted by atomic mass is 10.2. The minimum Gasteiger partial charge on any atom is -0.369 e. The van der Waals surface area contributed by atoms with Gasteiger partial charge in [0.05, 0.1) is 17.7 Å². The molecule has 0 fully saturated rings. The number of anilines is 1. The van der Waals surface area contributed by atoms with E-state index in [2.05, 4.69) is 9.88 Å². The minimum atomic E-state index is 0.469. The van der Waals surface area contributed by atoms with Crippen LogP contribution in [0.5, 0.6) is 0 Å². The first-order valence-corrected chi connectivity index (χ1v) is 6.96. The summed E-state index contributed by atoms with van der Waals surface area (Å²) in [6.07, 6.45) is 0. The molecule has 0 unspecified atom stereocenters. The standard InChI is InChI=1S/C13H16ClN3S/c1-9-13(18-8-16-9)7-17(2)11-4-3-10(6-15)12(14)5-11/h3-5,8H,6-7,15H2,1-2H3. The van der Waals surface area contributed by atoms with Crippen LogP contribution in [0.25, 0.3) is 0 Å². The van der Waals surface area contributed by atoms with Crippen molar-refractivity contribution < 1.29 is 0 Å². The molecule has 0 aliphatic rings. The van der Waals surface area contributed by atoms with Gasteiger partial charge in [0.2, 0.25) is 0 Å². The molecule has 96 valence electrons. The summed E-state index contributed by atoms with van der Waals surface area (Å²) in [6, 6.07) is 5.98. The zero-order chi connectivity index (χ0) is 13.1. The third-order valence-electron chi connectivity index (χ3n) is 2.92. The number of benzene rings is 1. The number of nitrogens with two attached hydrogens (primary N) is 1. The van der Waals surface area contributed by atoms with E-state index in [1.807, 2.05) is 37.7 Å². The quantitative estimate of drug-likeness (QED) is 0.936. The van der Waals surface area contributed by atoms with E-state index in [0.717, 1.165) is 28.5 Å². The molecule has 1 heterocycles. The third-order valence-corrected chi connectivity index (χ3v) is 4.19. The van der Waals surface area contributed by atoms with E-state index in [1.54, 1.807) is 11.3 Å². The Kier molecular flexibility index (Phi) is 4.22. The second kappa shape index (κ2) is 5.69. The van der Waals surface area contributed by atoms with Gasteiger partial charge >= 0.3 is 0 Å². The highest BCUT2D eigenvalue weighted by atomic mass is 35.5. The van der Waals surface area contributed by atoms with Crippen molar-refractivity contribution >= 4 is 28.6 Å². The Bertz CT molecular complexity index is 539. The zero-order valence-corrected chi connectivity index (χ0v) is 12.1. The van der Waals surface area contributed by atoms with Crippen molar-refractivity contribution in [3.8, 4) is 0 Å². The van der Waals surface area contributed by atoms with Crippen LogP contribution in [0.4, 0.5) is 5.69 Å². The first kappa shape index (κ1) is 13.3. The first-order chi connectivity index (χ1) is 8.61. The van der Waals surface area contributed by atoms with E-state index < -0.39 is 0 Å². The van der Waals surface area contributed by atoms with Gasteiger partial charge in [0.25, 0.3) is 0 Å². The second-order valence-electron chi connectivity index (χ2n) is 4.20. The third kappa shape index (κ3) is 2.83. The van der Waals surface area contributed by atoms with Crippen molar-refractivity contribution in [1.29, 1.82) is 0 Å². The molecule has 0 saturated carbocycles. The fourth-order valence-corrected chi connectivity index (χ4v) is 2.81. The minimum absolute atomic E-state index is 0.469. The summed E-state index contributed by atoms with van der Waals surface area (Å²) in [5.41, 5.74) is 10.6. The van der Waals surface area contributed by atoms with E-state index in [9.17, 15) is 0 Å². The highest BCUT2D eigenvalue weighted by Crippen LogP contribution is 2.25. The van der Waals surface area contributed by atoms with Gasteiger partial charge in [0, 0.05) is 29.2 Å². The van der Waals surface area contributed by atoms with Crippen molar-refractivity contribution in [2.75, 3.05) is 11.9 Å². The molecule has 2 aromatic rings. The largest absolute Gasteiger partial charge is 0.369 e. The van der Waals surface area contributed by atoms with Crippen LogP contribution in [0.1, 0.15) is 16.1 Å². The molecule has 0 amide bonds. The summed E-state index contributed by atoms with van der Waals surface area (Å²) in [4.78, 5) is 7.69. The van der Waals surface area contributed by atoms with Crippen molar-refractivity contribution in [1.82, 2.24) is 4.98 Å². The van der Waals surface area contributed by atoms with Crippen LogP contribution in [0, 0.1) is 6.92 Å². The number of aromatic nitrogens is 1. The number of halogens is 1. The van der Waals surface area contributed by atoms with Gasteiger partial charge in [0.15, 0.2) is 0 Å². The number of thiazole rings is 1. The molecule has 0 saturated heterocycles. The highest BCUT2D eigenvalue weighted by Gasteiger charge is 2.08. The lowest BCUT2D eigenvalue weighted by Gasteiger charge is -2.19. The zero-order valence-electron chi connectivity index (χ0n) is 10.5. The summed E-state index contributed by atoms with van der Waals surface area (Å²) < 4.78 is 0. The maximum absolute atomic E-state index is 6.17. The van der Waals surface area contributed by atoms with Crippen LogP contribution in [0.2, 0.25) is 5.02 Å². The monoisotopic (exact) mass is 281 g/mol. The molecule has 0 bridgehead atoms. The number of rotatable bonds is 4. The summed E-state index contributed by atoms with van der Waals surface area (Å²) in [7, 11) is 2.05. The van der Waals surface area contributed by atoms with E-state index in [4.69, 9.17) is 17.3 Å². The van der Waals surface area contributed by atoms with Crippen molar-refractivity contribution in [3.05, 3.63) is 44.9 Å². The van der Waals surface area contributed by atoms with Gasteiger partial charge in [-0.15, -0.1) is 11.3 Å². The molecular formula is C13H16ClN3S. The van der Waals surface area contributed by atoms with Crippen molar-refractivity contribution in [2.24, 2.45) is 5.73 Å². The smallest absolute Gasteiger partial charge is 0.0798 e. The molecule has 0 radical (unpaired) electrons. The molecule has 5 heteroatoms. The predicted molar refractivity (Wildman–Crippen MR) is 78.3 cm³/mol. The van der Waals surface area contributed by atoms with E-state index >= 15 is 0 Å². The summed E-state index contributed by atoms with van der Waals surface area (Å²) in [5, 5.41) is 0.725. The van der Waals surface area contributed by atoms with E-state index in [1.165, 1.54) is 4.88 Å². The van der Waals surface area contributed by atoms with Gasteiger partial charge in [-0.2, -0.15) is 0 Å². The van der Waals surface area contributed by atoms with Crippen LogP contribution in [-0.4, -0.2) is 12.0 Å². The molecule has 2 N–H and O–H groups in total. The molecule has 1 aromatic heterocycles. The highest BCUT2D eigenvalue weighted by molar-refractivity contribution is 7.09. The van der Waals surface area contributed by atoms with Gasteiger partial charge in [-0.3, -0.25) is 0 Å².